The minimum atomic E-state index is -4.86. The van der Waals surface area contributed by atoms with Crippen LogP contribution in [0.4, 0.5) is 28.0 Å². The van der Waals surface area contributed by atoms with Gasteiger partial charge in [-0.3, -0.25) is 15.0 Å². The van der Waals surface area contributed by atoms with E-state index in [0.29, 0.717) is 6.54 Å². The molecule has 1 atom stereocenters. The quantitative estimate of drug-likeness (QED) is 0.152. The van der Waals surface area contributed by atoms with Crippen molar-refractivity contribution in [1.82, 2.24) is 14.7 Å². The zero-order chi connectivity index (χ0) is 29.0. The molecule has 1 aromatic heterocycles. The van der Waals surface area contributed by atoms with Gasteiger partial charge in [-0.2, -0.15) is 27.3 Å². The molecule has 4 aromatic rings. The second-order valence-electron chi connectivity index (χ2n) is 8.77. The molecule has 2 N–H and O–H groups in total. The lowest BCUT2D eigenvalue weighted by molar-refractivity contribution is -0.387. The molecule has 1 heterocycles. The number of carboxylic acid groups (broad SMARTS) is 1. The Bertz CT molecular complexity index is 1530. The summed E-state index contributed by atoms with van der Waals surface area (Å²) in [6, 6.07) is 15.8. The summed E-state index contributed by atoms with van der Waals surface area (Å²) in [5, 5.41) is 33.9. The van der Waals surface area contributed by atoms with Crippen LogP contribution < -0.4 is 4.74 Å². The van der Waals surface area contributed by atoms with E-state index >= 15 is 0 Å². The molecule has 0 saturated heterocycles. The van der Waals surface area contributed by atoms with Gasteiger partial charge < -0.3 is 14.9 Å². The molecule has 0 aliphatic carbocycles. The van der Waals surface area contributed by atoms with Gasteiger partial charge in [0.1, 0.15) is 12.4 Å². The van der Waals surface area contributed by atoms with Crippen LogP contribution in [0.15, 0.2) is 66.7 Å². The fraction of sp³-hybridized carbons (Fsp3) is 0.231. The average molecular weight is 562 g/mol. The molecule has 0 spiro atoms. The van der Waals surface area contributed by atoms with Crippen LogP contribution >= 0.6 is 0 Å². The minimum absolute atomic E-state index is 0.0119. The van der Waals surface area contributed by atoms with Crippen molar-refractivity contribution in [2.24, 2.45) is 0 Å². The monoisotopic (exact) mass is 562 g/mol. The Kier molecular flexibility index (Phi) is 8.30. The number of carbonyl (C=O) groups is 1. The van der Waals surface area contributed by atoms with Crippen molar-refractivity contribution in [2.75, 3.05) is 19.7 Å². The van der Waals surface area contributed by atoms with Crippen molar-refractivity contribution in [3.63, 3.8) is 0 Å². The van der Waals surface area contributed by atoms with Gasteiger partial charge >= 0.3 is 18.0 Å². The highest BCUT2D eigenvalue weighted by Crippen LogP contribution is 2.35. The predicted molar refractivity (Wildman–Crippen MR) is 133 cm³/mol. The van der Waals surface area contributed by atoms with Crippen molar-refractivity contribution < 1.29 is 42.2 Å². The van der Waals surface area contributed by atoms with Crippen molar-refractivity contribution in [3.8, 4) is 5.75 Å². The highest BCUT2D eigenvalue weighted by molar-refractivity contribution is 5.90. The summed E-state index contributed by atoms with van der Waals surface area (Å²) in [6.45, 7) is 0.506. The van der Waals surface area contributed by atoms with Crippen LogP contribution in [0.5, 0.6) is 5.75 Å². The van der Waals surface area contributed by atoms with Gasteiger partial charge in [-0.05, 0) is 29.3 Å². The zero-order valence-corrected chi connectivity index (χ0v) is 20.6. The van der Waals surface area contributed by atoms with E-state index in [1.165, 1.54) is 12.1 Å². The number of rotatable bonds is 10. The smallest absolute Gasteiger partial charge is 0.435 e. The lowest BCUT2D eigenvalue weighted by Gasteiger charge is -2.25. The third-order valence-corrected chi connectivity index (χ3v) is 6.01. The topological polar surface area (TPSA) is 131 Å². The molecule has 14 heteroatoms. The van der Waals surface area contributed by atoms with Gasteiger partial charge in [0.2, 0.25) is 5.82 Å². The molecule has 0 aliphatic rings. The van der Waals surface area contributed by atoms with Crippen LogP contribution in [0.2, 0.25) is 0 Å². The summed E-state index contributed by atoms with van der Waals surface area (Å²) in [4.78, 5) is 23.4. The molecule has 0 radical (unpaired) electrons. The van der Waals surface area contributed by atoms with Crippen LogP contribution in [0.25, 0.3) is 10.9 Å². The summed E-state index contributed by atoms with van der Waals surface area (Å²) in [5.74, 6) is -0.933. The number of alkyl halides is 3. The maximum Gasteiger partial charge on any atom is 0.435 e. The molecular formula is C26H22F4N4O6. The number of benzene rings is 3. The fourth-order valence-corrected chi connectivity index (χ4v) is 4.14. The summed E-state index contributed by atoms with van der Waals surface area (Å²) in [6.07, 6.45) is -7.77. The first-order valence-corrected chi connectivity index (χ1v) is 11.8. The second kappa shape index (κ2) is 11.7. The Morgan fingerprint density at radius 2 is 1.85 bits per heavy atom. The van der Waals surface area contributed by atoms with E-state index in [4.69, 9.17) is 4.74 Å². The number of hydrogen-bond donors (Lipinski definition) is 2. The number of nitrogens with zero attached hydrogens (tertiary/aromatic N) is 4. The predicted octanol–water partition coefficient (Wildman–Crippen LogP) is 5.24. The van der Waals surface area contributed by atoms with Crippen molar-refractivity contribution >= 4 is 22.7 Å². The van der Waals surface area contributed by atoms with E-state index in [2.05, 4.69) is 5.10 Å². The van der Waals surface area contributed by atoms with Gasteiger partial charge in [0.15, 0.2) is 5.69 Å². The molecule has 3 aromatic carbocycles. The first kappa shape index (κ1) is 28.4. The van der Waals surface area contributed by atoms with E-state index in [1.807, 2.05) is 30.3 Å². The number of aliphatic hydroxyl groups excluding tert-OH is 1. The van der Waals surface area contributed by atoms with Crippen LogP contribution in [0, 0.1) is 15.9 Å². The number of aliphatic hydroxyl groups is 1. The van der Waals surface area contributed by atoms with Gasteiger partial charge in [-0.15, -0.1) is 0 Å². The number of hydrogen-bond acceptors (Lipinski definition) is 7. The van der Waals surface area contributed by atoms with Gasteiger partial charge in [-0.25, -0.2) is 4.79 Å². The number of ether oxygens (including phenoxy) is 1. The van der Waals surface area contributed by atoms with E-state index in [9.17, 15) is 42.7 Å². The van der Waals surface area contributed by atoms with Crippen LogP contribution in [0.1, 0.15) is 22.9 Å². The third-order valence-electron chi connectivity index (χ3n) is 6.01. The Morgan fingerprint density at radius 1 is 1.12 bits per heavy atom. The number of nitro benzene ring substituents is 1. The molecule has 210 valence electrons. The highest BCUT2D eigenvalue weighted by atomic mass is 19.4. The normalized spacial score (nSPS) is 12.6. The summed E-state index contributed by atoms with van der Waals surface area (Å²) in [5.41, 5.74) is -1.38. The lowest BCUT2D eigenvalue weighted by Crippen LogP contribution is -2.32. The standard InChI is InChI=1S/C26H22F4N4O6/c27-20-9-6-17(12-22(20)34(38)39)23(35)15-32(14-16-4-2-1-3-5-16)10-11-40-18-7-8-19-21(13-18)33(25(36)37)31-24(19)26(28,29)30/h1-9,12-13,23,35H,10-11,14-15H2,(H,36,37). The number of aromatic nitrogens is 2. The molecule has 0 aliphatic heterocycles. The van der Waals surface area contributed by atoms with Gasteiger partial charge in [0.05, 0.1) is 16.5 Å². The maximum absolute atomic E-state index is 13.7. The van der Waals surface area contributed by atoms with Crippen LogP contribution in [-0.4, -0.2) is 55.6 Å². The molecule has 0 fully saturated rings. The molecule has 0 saturated carbocycles. The summed E-state index contributed by atoms with van der Waals surface area (Å²) < 4.78 is 59.5. The van der Waals surface area contributed by atoms with Gasteiger partial charge in [0.25, 0.3) is 0 Å². The minimum Gasteiger partial charge on any atom is -0.492 e. The van der Waals surface area contributed by atoms with E-state index in [-0.39, 0.29) is 41.2 Å². The van der Waals surface area contributed by atoms with E-state index < -0.39 is 45.9 Å². The molecule has 4 rings (SSSR count). The fourth-order valence-electron chi connectivity index (χ4n) is 4.14. The average Bonchev–Trinajstić information content (AvgIpc) is 3.29. The largest absolute Gasteiger partial charge is 0.492 e. The molecule has 1 unspecified atom stereocenters. The van der Waals surface area contributed by atoms with Crippen molar-refractivity contribution in [3.05, 3.63) is 99.5 Å². The van der Waals surface area contributed by atoms with Gasteiger partial charge in [0, 0.05) is 37.2 Å². The summed E-state index contributed by atoms with van der Waals surface area (Å²) >= 11 is 0. The van der Waals surface area contributed by atoms with Crippen molar-refractivity contribution in [2.45, 2.75) is 18.8 Å². The molecule has 0 amide bonds. The lowest BCUT2D eigenvalue weighted by atomic mass is 10.1. The van der Waals surface area contributed by atoms with Crippen LogP contribution in [-0.2, 0) is 12.7 Å². The second-order valence-corrected chi connectivity index (χ2v) is 8.77. The Labute approximate surface area is 223 Å². The van der Waals surface area contributed by atoms with Crippen molar-refractivity contribution in [1.29, 1.82) is 0 Å². The maximum atomic E-state index is 13.7. The van der Waals surface area contributed by atoms with Crippen LogP contribution in [0.3, 0.4) is 0 Å². The zero-order valence-electron chi connectivity index (χ0n) is 20.6. The molecule has 40 heavy (non-hydrogen) atoms. The molecule has 10 nitrogen and oxygen atoms in total. The number of halogens is 4. The van der Waals surface area contributed by atoms with E-state index in [1.54, 1.807) is 4.90 Å². The molecular weight excluding hydrogens is 540 g/mol. The number of fused-ring (bicyclic) bond motifs is 1. The SMILES string of the molecule is O=C(O)n1nc(C(F)(F)F)c2ccc(OCCN(Cc3ccccc3)CC(O)c3ccc(F)c([N+](=O)[O-])c3)cc21. The Hall–Kier alpha value is -4.56. The highest BCUT2D eigenvalue weighted by Gasteiger charge is 2.37. The van der Waals surface area contributed by atoms with Gasteiger partial charge in [-0.1, -0.05) is 36.4 Å². The first-order chi connectivity index (χ1) is 18.9. The van der Waals surface area contributed by atoms with E-state index in [0.717, 1.165) is 29.8 Å². The molecule has 0 bridgehead atoms. The summed E-state index contributed by atoms with van der Waals surface area (Å²) in [7, 11) is 0. The third kappa shape index (κ3) is 6.52. The Balaban J connectivity index is 1.51. The first-order valence-electron chi connectivity index (χ1n) is 11.8. The number of nitro groups is 1. The Morgan fingerprint density at radius 3 is 2.50 bits per heavy atom.